The van der Waals surface area contributed by atoms with E-state index in [1.54, 1.807) is 0 Å². The molecule has 0 spiro atoms. The lowest BCUT2D eigenvalue weighted by molar-refractivity contribution is 0.556. The molecular weight excluding hydrogens is 282 g/mol. The molecule has 3 nitrogen and oxygen atoms in total. The third-order valence-electron chi connectivity index (χ3n) is 3.00. The van der Waals surface area contributed by atoms with Gasteiger partial charge in [-0.05, 0) is 36.9 Å². The lowest BCUT2D eigenvalue weighted by Gasteiger charge is -2.19. The summed E-state index contributed by atoms with van der Waals surface area (Å²) < 4.78 is 22.7. The van der Waals surface area contributed by atoms with Crippen LogP contribution in [0.2, 0.25) is 5.02 Å². The fraction of sp³-hybridized carbons (Fsp3) is 0.571. The van der Waals surface area contributed by atoms with Crippen molar-refractivity contribution in [1.29, 1.82) is 0 Å². The smallest absolute Gasteiger partial charge is 0.147 e. The van der Waals surface area contributed by atoms with Gasteiger partial charge in [0.2, 0.25) is 0 Å². The molecule has 0 aliphatic carbocycles. The molecule has 0 radical (unpaired) electrons. The number of benzene rings is 1. The second-order valence-corrected chi connectivity index (χ2v) is 7.51. The van der Waals surface area contributed by atoms with E-state index in [1.807, 2.05) is 24.3 Å². The quantitative estimate of drug-likeness (QED) is 0.751. The highest BCUT2D eigenvalue weighted by molar-refractivity contribution is 7.90. The molecular formula is C14H22ClNO2S. The number of rotatable bonds is 8. The second-order valence-electron chi connectivity index (χ2n) is 4.84. The Morgan fingerprint density at radius 1 is 1.32 bits per heavy atom. The Morgan fingerprint density at radius 3 is 2.58 bits per heavy atom. The summed E-state index contributed by atoms with van der Waals surface area (Å²) in [5.74, 6) is 0.325. The van der Waals surface area contributed by atoms with Crippen molar-refractivity contribution in [2.75, 3.05) is 25.1 Å². The van der Waals surface area contributed by atoms with Gasteiger partial charge in [0, 0.05) is 17.8 Å². The Balaban J connectivity index is 2.77. The average molecular weight is 304 g/mol. The van der Waals surface area contributed by atoms with Gasteiger partial charge < -0.3 is 5.32 Å². The first-order chi connectivity index (χ1) is 8.94. The average Bonchev–Trinajstić information content (AvgIpc) is 2.33. The number of nitrogens with one attached hydrogen (secondary N) is 1. The highest BCUT2D eigenvalue weighted by Crippen LogP contribution is 2.26. The molecule has 0 amide bonds. The van der Waals surface area contributed by atoms with E-state index in [-0.39, 0.29) is 11.7 Å². The summed E-state index contributed by atoms with van der Waals surface area (Å²) in [5, 5.41) is 4.05. The van der Waals surface area contributed by atoms with Gasteiger partial charge >= 0.3 is 0 Å². The van der Waals surface area contributed by atoms with Crippen molar-refractivity contribution >= 4 is 21.4 Å². The number of halogens is 1. The molecule has 1 unspecified atom stereocenters. The zero-order valence-corrected chi connectivity index (χ0v) is 13.1. The van der Waals surface area contributed by atoms with Crippen molar-refractivity contribution in [2.24, 2.45) is 0 Å². The van der Waals surface area contributed by atoms with Crippen LogP contribution in [0.4, 0.5) is 0 Å². The third-order valence-corrected chi connectivity index (χ3v) is 4.32. The zero-order chi connectivity index (χ0) is 14.3. The molecule has 19 heavy (non-hydrogen) atoms. The van der Waals surface area contributed by atoms with E-state index in [9.17, 15) is 8.42 Å². The maximum atomic E-state index is 11.3. The molecule has 1 aromatic carbocycles. The van der Waals surface area contributed by atoms with Gasteiger partial charge in [0.25, 0.3) is 0 Å². The molecule has 5 heteroatoms. The highest BCUT2D eigenvalue weighted by atomic mass is 35.5. The molecule has 1 aromatic rings. The van der Waals surface area contributed by atoms with Crippen LogP contribution in [0, 0.1) is 0 Å². The number of hydrogen-bond acceptors (Lipinski definition) is 3. The van der Waals surface area contributed by atoms with E-state index in [0.29, 0.717) is 11.4 Å². The van der Waals surface area contributed by atoms with Crippen LogP contribution >= 0.6 is 11.6 Å². The molecule has 1 rings (SSSR count). The van der Waals surface area contributed by atoms with Crippen LogP contribution in [-0.4, -0.2) is 33.5 Å². The van der Waals surface area contributed by atoms with Gasteiger partial charge in [-0.15, -0.1) is 0 Å². The van der Waals surface area contributed by atoms with E-state index < -0.39 is 9.84 Å². The Bertz CT molecular complexity index is 488. The summed E-state index contributed by atoms with van der Waals surface area (Å²) in [6, 6.07) is 7.65. The normalized spacial score (nSPS) is 13.4. The van der Waals surface area contributed by atoms with Crippen LogP contribution in [0.15, 0.2) is 24.3 Å². The lowest BCUT2D eigenvalue weighted by atomic mass is 9.96. The van der Waals surface area contributed by atoms with Crippen LogP contribution in [0.1, 0.15) is 31.2 Å². The lowest BCUT2D eigenvalue weighted by Crippen LogP contribution is -2.24. The van der Waals surface area contributed by atoms with E-state index in [2.05, 4.69) is 12.2 Å². The summed E-state index contributed by atoms with van der Waals surface area (Å²) in [7, 11) is -2.94. The minimum Gasteiger partial charge on any atom is -0.316 e. The van der Waals surface area contributed by atoms with Crippen LogP contribution in [-0.2, 0) is 9.84 Å². The molecule has 0 saturated heterocycles. The van der Waals surface area contributed by atoms with Crippen LogP contribution < -0.4 is 5.32 Å². The Hall–Kier alpha value is -0.580. The van der Waals surface area contributed by atoms with Gasteiger partial charge in [-0.25, -0.2) is 8.42 Å². The standard InChI is InChI=1S/C14H22ClNO2S/c1-3-9-16-11-12(8-10-19(2,17)18)13-6-4-5-7-14(13)15/h4-7,12,16H,3,8-11H2,1-2H3. The van der Waals surface area contributed by atoms with Crippen molar-refractivity contribution in [3.05, 3.63) is 34.9 Å². The fourth-order valence-corrected chi connectivity index (χ4v) is 2.99. The predicted octanol–water partition coefficient (Wildman–Crippen LogP) is 2.86. The topological polar surface area (TPSA) is 46.2 Å². The van der Waals surface area contributed by atoms with E-state index in [0.717, 1.165) is 25.1 Å². The first-order valence-corrected chi connectivity index (χ1v) is 9.00. The zero-order valence-electron chi connectivity index (χ0n) is 11.5. The largest absolute Gasteiger partial charge is 0.316 e. The van der Waals surface area contributed by atoms with Crippen molar-refractivity contribution < 1.29 is 8.42 Å². The van der Waals surface area contributed by atoms with E-state index >= 15 is 0 Å². The second kappa shape index (κ2) is 7.88. The van der Waals surface area contributed by atoms with Crippen molar-refractivity contribution in [3.8, 4) is 0 Å². The van der Waals surface area contributed by atoms with Crippen LogP contribution in [0.5, 0.6) is 0 Å². The van der Waals surface area contributed by atoms with Crippen molar-refractivity contribution in [3.63, 3.8) is 0 Å². The summed E-state index contributed by atoms with van der Waals surface area (Å²) in [4.78, 5) is 0. The minimum atomic E-state index is -2.94. The van der Waals surface area contributed by atoms with E-state index in [4.69, 9.17) is 11.6 Å². The molecule has 0 aliphatic rings. The molecule has 0 bridgehead atoms. The Morgan fingerprint density at radius 2 is 2.00 bits per heavy atom. The maximum Gasteiger partial charge on any atom is 0.147 e. The molecule has 0 saturated carbocycles. The molecule has 0 heterocycles. The summed E-state index contributed by atoms with van der Waals surface area (Å²) in [6.45, 7) is 3.79. The monoisotopic (exact) mass is 303 g/mol. The van der Waals surface area contributed by atoms with Gasteiger partial charge in [-0.2, -0.15) is 0 Å². The molecule has 1 atom stereocenters. The Labute approximate surface area is 121 Å². The molecule has 0 fully saturated rings. The highest BCUT2D eigenvalue weighted by Gasteiger charge is 2.16. The van der Waals surface area contributed by atoms with Crippen molar-refractivity contribution in [2.45, 2.75) is 25.7 Å². The van der Waals surface area contributed by atoms with Gasteiger partial charge in [-0.1, -0.05) is 36.7 Å². The predicted molar refractivity (Wildman–Crippen MR) is 81.7 cm³/mol. The first-order valence-electron chi connectivity index (χ1n) is 6.57. The summed E-state index contributed by atoms with van der Waals surface area (Å²) >= 11 is 6.20. The molecule has 0 aromatic heterocycles. The number of hydrogen-bond donors (Lipinski definition) is 1. The number of sulfone groups is 1. The van der Waals surface area contributed by atoms with Crippen LogP contribution in [0.25, 0.3) is 0 Å². The first kappa shape index (κ1) is 16.5. The van der Waals surface area contributed by atoms with Crippen molar-refractivity contribution in [1.82, 2.24) is 5.32 Å². The minimum absolute atomic E-state index is 0.134. The summed E-state index contributed by atoms with van der Waals surface area (Å²) in [6.07, 6.45) is 2.93. The SMILES string of the molecule is CCCNCC(CCS(C)(=O)=O)c1ccccc1Cl. The molecule has 0 aliphatic heterocycles. The van der Waals surface area contributed by atoms with Crippen LogP contribution in [0.3, 0.4) is 0 Å². The Kier molecular flexibility index (Phi) is 6.83. The third kappa shape index (κ3) is 6.41. The fourth-order valence-electron chi connectivity index (χ4n) is 1.98. The maximum absolute atomic E-state index is 11.3. The molecule has 1 N–H and O–H groups in total. The van der Waals surface area contributed by atoms with E-state index in [1.165, 1.54) is 6.26 Å². The van der Waals surface area contributed by atoms with Gasteiger partial charge in [0.05, 0.1) is 5.75 Å². The van der Waals surface area contributed by atoms with Gasteiger partial charge in [0.15, 0.2) is 0 Å². The van der Waals surface area contributed by atoms with Gasteiger partial charge in [-0.3, -0.25) is 0 Å². The summed E-state index contributed by atoms with van der Waals surface area (Å²) in [5.41, 5.74) is 1.02. The molecule has 108 valence electrons. The van der Waals surface area contributed by atoms with Gasteiger partial charge in [0.1, 0.15) is 9.84 Å².